The fourth-order valence-electron chi connectivity index (χ4n) is 3.25. The molecule has 0 aromatic carbocycles. The van der Waals surface area contributed by atoms with Gasteiger partial charge in [-0.25, -0.2) is 0 Å². The van der Waals surface area contributed by atoms with Gasteiger partial charge < -0.3 is 10.5 Å². The Kier molecular flexibility index (Phi) is 4.11. The molecule has 3 heteroatoms. The van der Waals surface area contributed by atoms with Crippen molar-refractivity contribution in [2.45, 2.75) is 64.2 Å². The second-order valence-electron chi connectivity index (χ2n) is 6.55. The summed E-state index contributed by atoms with van der Waals surface area (Å²) in [6, 6.07) is 0.575. The molecule has 0 aromatic rings. The van der Waals surface area contributed by atoms with Crippen LogP contribution in [-0.4, -0.2) is 42.3 Å². The zero-order chi connectivity index (χ0) is 12.5. The molecule has 0 saturated carbocycles. The summed E-state index contributed by atoms with van der Waals surface area (Å²) < 4.78 is 6.09. The molecular weight excluding hydrogens is 212 g/mol. The fraction of sp³-hybridized carbons (Fsp3) is 1.00. The van der Waals surface area contributed by atoms with Crippen molar-refractivity contribution in [2.75, 3.05) is 19.6 Å². The first kappa shape index (κ1) is 13.3. The van der Waals surface area contributed by atoms with Gasteiger partial charge in [0, 0.05) is 19.1 Å². The smallest absolute Gasteiger partial charge is 0.0710 e. The summed E-state index contributed by atoms with van der Waals surface area (Å²) in [6.45, 7) is 9.81. The second kappa shape index (κ2) is 5.25. The number of nitrogens with zero attached hydrogens (tertiary/aromatic N) is 1. The van der Waals surface area contributed by atoms with Crippen molar-refractivity contribution < 1.29 is 4.74 Å². The third-order valence-corrected chi connectivity index (χ3v) is 4.36. The number of piperidine rings is 1. The van der Waals surface area contributed by atoms with E-state index in [1.807, 2.05) is 0 Å². The zero-order valence-corrected chi connectivity index (χ0v) is 11.6. The van der Waals surface area contributed by atoms with Crippen molar-refractivity contribution in [3.05, 3.63) is 0 Å². The number of hydrogen-bond donors (Lipinski definition) is 1. The van der Waals surface area contributed by atoms with Crippen LogP contribution in [0.5, 0.6) is 0 Å². The van der Waals surface area contributed by atoms with Crippen LogP contribution in [0.25, 0.3) is 0 Å². The maximum Gasteiger partial charge on any atom is 0.0710 e. The molecule has 3 unspecified atom stereocenters. The molecule has 100 valence electrons. The molecule has 17 heavy (non-hydrogen) atoms. The van der Waals surface area contributed by atoms with E-state index in [0.29, 0.717) is 12.1 Å². The number of ether oxygens (including phenoxy) is 1. The lowest BCUT2D eigenvalue weighted by Gasteiger charge is -2.39. The van der Waals surface area contributed by atoms with Gasteiger partial charge >= 0.3 is 0 Å². The van der Waals surface area contributed by atoms with Crippen molar-refractivity contribution in [1.82, 2.24) is 4.90 Å². The van der Waals surface area contributed by atoms with E-state index in [1.165, 1.54) is 32.2 Å². The first-order valence-electron chi connectivity index (χ1n) is 7.12. The normalized spacial score (nSPS) is 38.5. The largest absolute Gasteiger partial charge is 0.371 e. The Hall–Kier alpha value is -0.120. The highest BCUT2D eigenvalue weighted by Crippen LogP contribution is 2.31. The predicted molar refractivity (Wildman–Crippen MR) is 71.0 cm³/mol. The lowest BCUT2D eigenvalue weighted by Crippen LogP contribution is -2.49. The van der Waals surface area contributed by atoms with Crippen LogP contribution < -0.4 is 5.73 Å². The Bertz CT molecular complexity index is 255. The monoisotopic (exact) mass is 240 g/mol. The lowest BCUT2D eigenvalue weighted by molar-refractivity contribution is -0.0389. The number of rotatable bonds is 3. The fourth-order valence-corrected chi connectivity index (χ4v) is 3.25. The first-order chi connectivity index (χ1) is 8.00. The molecule has 0 bridgehead atoms. The van der Waals surface area contributed by atoms with Gasteiger partial charge in [0.1, 0.15) is 0 Å². The molecule has 0 radical (unpaired) electrons. The average Bonchev–Trinajstić information content (AvgIpc) is 2.61. The Labute approximate surface area is 106 Å². The van der Waals surface area contributed by atoms with Gasteiger partial charge in [0.05, 0.1) is 11.7 Å². The van der Waals surface area contributed by atoms with E-state index in [-0.39, 0.29) is 5.60 Å². The van der Waals surface area contributed by atoms with E-state index in [9.17, 15) is 0 Å². The van der Waals surface area contributed by atoms with Crippen LogP contribution in [0.1, 0.15) is 46.5 Å². The van der Waals surface area contributed by atoms with Crippen molar-refractivity contribution in [1.29, 1.82) is 0 Å². The Balaban J connectivity index is 1.86. The minimum absolute atomic E-state index is 0.0892. The van der Waals surface area contributed by atoms with Gasteiger partial charge in [-0.15, -0.1) is 0 Å². The van der Waals surface area contributed by atoms with E-state index in [1.54, 1.807) is 0 Å². The summed E-state index contributed by atoms with van der Waals surface area (Å²) in [6.07, 6.45) is 5.39. The summed E-state index contributed by atoms with van der Waals surface area (Å²) in [5.74, 6) is 0.834. The number of hydrogen-bond acceptors (Lipinski definition) is 3. The van der Waals surface area contributed by atoms with Gasteiger partial charge in [0.2, 0.25) is 0 Å². The SMILES string of the molecule is CC1CCN(CC2CCC(C)(C)O2)C(CN)C1. The Morgan fingerprint density at radius 2 is 2.12 bits per heavy atom. The summed E-state index contributed by atoms with van der Waals surface area (Å²) >= 11 is 0. The molecule has 2 N–H and O–H groups in total. The minimum Gasteiger partial charge on any atom is -0.371 e. The maximum atomic E-state index is 6.09. The quantitative estimate of drug-likeness (QED) is 0.820. The second-order valence-corrected chi connectivity index (χ2v) is 6.55. The molecule has 0 aromatic heterocycles. The lowest BCUT2D eigenvalue weighted by atomic mass is 9.92. The van der Waals surface area contributed by atoms with Crippen molar-refractivity contribution >= 4 is 0 Å². The molecule has 0 amide bonds. The molecule has 3 atom stereocenters. The molecule has 2 rings (SSSR count). The third kappa shape index (κ3) is 3.43. The average molecular weight is 240 g/mol. The third-order valence-electron chi connectivity index (χ3n) is 4.36. The molecule has 0 aliphatic carbocycles. The number of nitrogens with two attached hydrogens (primary N) is 1. The van der Waals surface area contributed by atoms with Crippen LogP contribution in [0.3, 0.4) is 0 Å². The highest BCUT2D eigenvalue weighted by atomic mass is 16.5. The molecule has 2 heterocycles. The van der Waals surface area contributed by atoms with Gasteiger partial charge in [0.15, 0.2) is 0 Å². The molecular formula is C14H28N2O. The van der Waals surface area contributed by atoms with Crippen molar-refractivity contribution in [3.8, 4) is 0 Å². The van der Waals surface area contributed by atoms with Crippen LogP contribution in [0, 0.1) is 5.92 Å². The molecule has 2 aliphatic rings. The Morgan fingerprint density at radius 3 is 2.71 bits per heavy atom. The molecule has 0 spiro atoms. The van der Waals surface area contributed by atoms with Crippen LogP contribution >= 0.6 is 0 Å². The van der Waals surface area contributed by atoms with E-state index >= 15 is 0 Å². The predicted octanol–water partition coefficient (Wildman–Crippen LogP) is 2.00. The highest BCUT2D eigenvalue weighted by Gasteiger charge is 2.34. The highest BCUT2D eigenvalue weighted by molar-refractivity contribution is 4.87. The summed E-state index contributed by atoms with van der Waals surface area (Å²) in [5, 5.41) is 0. The van der Waals surface area contributed by atoms with Gasteiger partial charge in [-0.3, -0.25) is 4.90 Å². The van der Waals surface area contributed by atoms with E-state index in [4.69, 9.17) is 10.5 Å². The molecule has 3 nitrogen and oxygen atoms in total. The van der Waals surface area contributed by atoms with Crippen molar-refractivity contribution in [2.24, 2.45) is 11.7 Å². The topological polar surface area (TPSA) is 38.5 Å². The van der Waals surface area contributed by atoms with Gasteiger partial charge in [-0.1, -0.05) is 6.92 Å². The molecule has 2 fully saturated rings. The zero-order valence-electron chi connectivity index (χ0n) is 11.6. The van der Waals surface area contributed by atoms with E-state index in [0.717, 1.165) is 19.0 Å². The summed E-state index contributed by atoms with van der Waals surface area (Å²) in [4.78, 5) is 2.56. The first-order valence-corrected chi connectivity index (χ1v) is 7.12. The molecule has 2 aliphatic heterocycles. The van der Waals surface area contributed by atoms with Gasteiger partial charge in [-0.2, -0.15) is 0 Å². The molecule has 2 saturated heterocycles. The van der Waals surface area contributed by atoms with E-state index in [2.05, 4.69) is 25.7 Å². The summed E-state index contributed by atoms with van der Waals surface area (Å²) in [7, 11) is 0. The van der Waals surface area contributed by atoms with Crippen LogP contribution in [0.2, 0.25) is 0 Å². The number of likely N-dealkylation sites (tertiary alicyclic amines) is 1. The summed E-state index contributed by atoms with van der Waals surface area (Å²) in [5.41, 5.74) is 5.99. The van der Waals surface area contributed by atoms with Gasteiger partial charge in [-0.05, 0) is 52.0 Å². The van der Waals surface area contributed by atoms with Crippen LogP contribution in [-0.2, 0) is 4.74 Å². The maximum absolute atomic E-state index is 6.09. The van der Waals surface area contributed by atoms with Gasteiger partial charge in [0.25, 0.3) is 0 Å². The van der Waals surface area contributed by atoms with E-state index < -0.39 is 0 Å². The minimum atomic E-state index is 0.0892. The standard InChI is InChI=1S/C14H28N2O/c1-11-5-7-16(12(8-11)9-15)10-13-4-6-14(2,3)17-13/h11-13H,4-10,15H2,1-3H3. The Morgan fingerprint density at radius 1 is 1.35 bits per heavy atom. The van der Waals surface area contributed by atoms with Crippen LogP contribution in [0.4, 0.5) is 0 Å². The van der Waals surface area contributed by atoms with Crippen molar-refractivity contribution in [3.63, 3.8) is 0 Å². The van der Waals surface area contributed by atoms with Crippen LogP contribution in [0.15, 0.2) is 0 Å².